The maximum Gasteiger partial charge on any atom is 0.218 e. The summed E-state index contributed by atoms with van der Waals surface area (Å²) in [6.45, 7) is 3.18. The number of ether oxygens (including phenoxy) is 1. The Labute approximate surface area is 84.6 Å². The van der Waals surface area contributed by atoms with Gasteiger partial charge in [0, 0.05) is 39.6 Å². The lowest BCUT2D eigenvalue weighted by Crippen LogP contribution is -2.39. The van der Waals surface area contributed by atoms with Crippen LogP contribution in [0.15, 0.2) is 0 Å². The maximum absolute atomic E-state index is 10.4. The van der Waals surface area contributed by atoms with Crippen molar-refractivity contribution in [3.8, 4) is 0 Å². The van der Waals surface area contributed by atoms with Crippen molar-refractivity contribution in [2.45, 2.75) is 25.4 Å². The fraction of sp³-hybridized carbons (Fsp3) is 0.889. The van der Waals surface area contributed by atoms with Crippen LogP contribution in [0.25, 0.3) is 0 Å². The first-order chi connectivity index (χ1) is 6.48. The van der Waals surface area contributed by atoms with E-state index in [0.717, 1.165) is 0 Å². The van der Waals surface area contributed by atoms with Crippen molar-refractivity contribution in [3.63, 3.8) is 0 Å². The number of hydrogen-bond donors (Lipinski definition) is 3. The number of amides is 1. The number of nitrogens with two attached hydrogens (primary N) is 1. The summed E-state index contributed by atoms with van der Waals surface area (Å²) in [5.41, 5.74) is 4.16. The molecule has 14 heavy (non-hydrogen) atoms. The maximum atomic E-state index is 10.4. The number of methoxy groups -OCH3 is 1. The molecular formula is C9H20N2O3. The van der Waals surface area contributed by atoms with E-state index in [1.165, 1.54) is 0 Å². The van der Waals surface area contributed by atoms with Crippen LogP contribution in [0.5, 0.6) is 0 Å². The molecule has 0 aliphatic carbocycles. The first-order valence-electron chi connectivity index (χ1n) is 4.68. The highest BCUT2D eigenvalue weighted by atomic mass is 16.5. The Morgan fingerprint density at radius 2 is 2.29 bits per heavy atom. The molecule has 0 aromatic carbocycles. The average Bonchev–Trinajstić information content (AvgIpc) is 2.09. The van der Waals surface area contributed by atoms with Crippen LogP contribution in [0.1, 0.15) is 19.8 Å². The van der Waals surface area contributed by atoms with Crippen LogP contribution in [0, 0.1) is 0 Å². The predicted octanol–water partition coefficient (Wildman–Crippen LogP) is -0.761. The summed E-state index contributed by atoms with van der Waals surface area (Å²) < 4.78 is 4.86. The summed E-state index contributed by atoms with van der Waals surface area (Å²) in [7, 11) is 1.59. The molecule has 0 saturated heterocycles. The summed E-state index contributed by atoms with van der Waals surface area (Å²) in [6, 6.07) is 0. The van der Waals surface area contributed by atoms with Gasteiger partial charge in [-0.2, -0.15) is 0 Å². The lowest BCUT2D eigenvalue weighted by molar-refractivity contribution is -0.118. The molecular weight excluding hydrogens is 184 g/mol. The Bertz CT molecular complexity index is 171. The number of rotatable bonds is 8. The minimum atomic E-state index is -0.798. The fourth-order valence-corrected chi connectivity index (χ4v) is 0.980. The number of primary amides is 1. The Balaban J connectivity index is 3.49. The molecule has 0 bridgehead atoms. The fourth-order valence-electron chi connectivity index (χ4n) is 0.980. The summed E-state index contributed by atoms with van der Waals surface area (Å²) in [5.74, 6) is -0.339. The van der Waals surface area contributed by atoms with Crippen LogP contribution < -0.4 is 11.1 Å². The zero-order valence-electron chi connectivity index (χ0n) is 8.88. The molecule has 0 aliphatic heterocycles. The van der Waals surface area contributed by atoms with Crippen molar-refractivity contribution in [1.29, 1.82) is 0 Å². The van der Waals surface area contributed by atoms with Gasteiger partial charge in [0.15, 0.2) is 0 Å². The smallest absolute Gasteiger partial charge is 0.218 e. The van der Waals surface area contributed by atoms with E-state index in [4.69, 9.17) is 10.5 Å². The average molecular weight is 204 g/mol. The van der Waals surface area contributed by atoms with E-state index in [1.807, 2.05) is 0 Å². The van der Waals surface area contributed by atoms with Crippen LogP contribution in [-0.2, 0) is 9.53 Å². The van der Waals surface area contributed by atoms with Crippen molar-refractivity contribution in [1.82, 2.24) is 5.32 Å². The van der Waals surface area contributed by atoms with E-state index in [0.29, 0.717) is 32.5 Å². The summed E-state index contributed by atoms with van der Waals surface area (Å²) in [5, 5.41) is 12.7. The largest absolute Gasteiger partial charge is 0.389 e. The molecule has 0 aromatic heterocycles. The molecule has 84 valence electrons. The quantitative estimate of drug-likeness (QED) is 0.454. The first kappa shape index (κ1) is 13.4. The standard InChI is InChI=1S/C9H20N2O3/c1-9(13,4-6-14-2)7-11-5-3-8(10)12/h11,13H,3-7H2,1-2H3,(H2,10,12). The molecule has 0 saturated carbocycles. The van der Waals surface area contributed by atoms with Gasteiger partial charge >= 0.3 is 0 Å². The van der Waals surface area contributed by atoms with Crippen LogP contribution in [0.4, 0.5) is 0 Å². The molecule has 0 radical (unpaired) electrons. The number of nitrogens with one attached hydrogen (secondary N) is 1. The molecule has 0 aromatic rings. The molecule has 5 heteroatoms. The number of aliphatic hydroxyl groups is 1. The second kappa shape index (κ2) is 6.75. The zero-order chi connectivity index (χ0) is 11.0. The third-order valence-electron chi connectivity index (χ3n) is 1.90. The van der Waals surface area contributed by atoms with Gasteiger partial charge in [-0.05, 0) is 6.92 Å². The van der Waals surface area contributed by atoms with Crippen molar-refractivity contribution in [2.75, 3.05) is 26.8 Å². The van der Waals surface area contributed by atoms with Crippen LogP contribution in [0.2, 0.25) is 0 Å². The van der Waals surface area contributed by atoms with Crippen molar-refractivity contribution in [2.24, 2.45) is 5.73 Å². The molecule has 4 N–H and O–H groups in total. The Morgan fingerprint density at radius 1 is 1.64 bits per heavy atom. The van der Waals surface area contributed by atoms with Crippen molar-refractivity contribution >= 4 is 5.91 Å². The van der Waals surface area contributed by atoms with E-state index in [1.54, 1.807) is 14.0 Å². The zero-order valence-corrected chi connectivity index (χ0v) is 8.88. The molecule has 0 aliphatic rings. The van der Waals surface area contributed by atoms with Gasteiger partial charge in [-0.15, -0.1) is 0 Å². The van der Waals surface area contributed by atoms with Crippen LogP contribution in [0.3, 0.4) is 0 Å². The number of hydrogen-bond acceptors (Lipinski definition) is 4. The highest BCUT2D eigenvalue weighted by Crippen LogP contribution is 2.07. The molecule has 0 fully saturated rings. The third-order valence-corrected chi connectivity index (χ3v) is 1.90. The Morgan fingerprint density at radius 3 is 2.79 bits per heavy atom. The molecule has 1 amide bonds. The van der Waals surface area contributed by atoms with Gasteiger partial charge in [0.05, 0.1) is 5.60 Å². The molecule has 0 spiro atoms. The third kappa shape index (κ3) is 7.97. The molecule has 0 rings (SSSR count). The van der Waals surface area contributed by atoms with Crippen LogP contribution in [-0.4, -0.2) is 43.4 Å². The van der Waals surface area contributed by atoms with E-state index in [2.05, 4.69) is 5.32 Å². The van der Waals surface area contributed by atoms with Gasteiger partial charge in [0.25, 0.3) is 0 Å². The van der Waals surface area contributed by atoms with Gasteiger partial charge < -0.3 is 20.9 Å². The predicted molar refractivity (Wildman–Crippen MR) is 53.8 cm³/mol. The van der Waals surface area contributed by atoms with Gasteiger partial charge in [-0.3, -0.25) is 4.79 Å². The first-order valence-corrected chi connectivity index (χ1v) is 4.68. The number of carbonyl (C=O) groups excluding carboxylic acids is 1. The Hall–Kier alpha value is -0.650. The lowest BCUT2D eigenvalue weighted by atomic mass is 10.0. The minimum absolute atomic E-state index is 0.292. The second-order valence-electron chi connectivity index (χ2n) is 3.63. The lowest BCUT2D eigenvalue weighted by Gasteiger charge is -2.23. The monoisotopic (exact) mass is 204 g/mol. The van der Waals surface area contributed by atoms with Gasteiger partial charge in [0.1, 0.15) is 0 Å². The Kier molecular flexibility index (Phi) is 6.44. The molecule has 1 atom stereocenters. The molecule has 0 heterocycles. The van der Waals surface area contributed by atoms with Crippen molar-refractivity contribution in [3.05, 3.63) is 0 Å². The molecule has 5 nitrogen and oxygen atoms in total. The van der Waals surface area contributed by atoms with Gasteiger partial charge in [0.2, 0.25) is 5.91 Å². The summed E-state index contributed by atoms with van der Waals surface area (Å²) in [6.07, 6.45) is 0.855. The highest BCUT2D eigenvalue weighted by molar-refractivity contribution is 5.73. The topological polar surface area (TPSA) is 84.6 Å². The van der Waals surface area contributed by atoms with Gasteiger partial charge in [-0.1, -0.05) is 0 Å². The van der Waals surface area contributed by atoms with E-state index < -0.39 is 5.60 Å². The number of carbonyl (C=O) groups is 1. The van der Waals surface area contributed by atoms with Crippen LogP contribution >= 0.6 is 0 Å². The van der Waals surface area contributed by atoms with E-state index in [9.17, 15) is 9.90 Å². The summed E-state index contributed by atoms with van der Waals surface area (Å²) >= 11 is 0. The second-order valence-corrected chi connectivity index (χ2v) is 3.63. The van der Waals surface area contributed by atoms with Crippen molar-refractivity contribution < 1.29 is 14.6 Å². The van der Waals surface area contributed by atoms with E-state index in [-0.39, 0.29) is 5.91 Å². The summed E-state index contributed by atoms with van der Waals surface area (Å²) in [4.78, 5) is 10.4. The normalized spacial score (nSPS) is 15.1. The van der Waals surface area contributed by atoms with Gasteiger partial charge in [-0.25, -0.2) is 0 Å². The highest BCUT2D eigenvalue weighted by Gasteiger charge is 2.18. The minimum Gasteiger partial charge on any atom is -0.389 e. The van der Waals surface area contributed by atoms with E-state index >= 15 is 0 Å². The molecule has 1 unspecified atom stereocenters. The SMILES string of the molecule is COCCC(C)(O)CNCCC(N)=O.